The first-order chi connectivity index (χ1) is 9.58. The minimum Gasteiger partial charge on any atom is -0.339 e. The molecule has 0 saturated carbocycles. The Morgan fingerprint density at radius 2 is 2.00 bits per heavy atom. The van der Waals surface area contributed by atoms with Crippen molar-refractivity contribution >= 4 is 17.2 Å². The highest BCUT2D eigenvalue weighted by Crippen LogP contribution is 2.17. The van der Waals surface area contributed by atoms with Crippen molar-refractivity contribution in [2.45, 2.75) is 25.9 Å². The monoisotopic (exact) mass is 288 g/mol. The summed E-state index contributed by atoms with van der Waals surface area (Å²) in [4.78, 5) is 15.2. The maximum absolute atomic E-state index is 12.3. The van der Waals surface area contributed by atoms with E-state index in [0.717, 1.165) is 5.56 Å². The van der Waals surface area contributed by atoms with Crippen LogP contribution >= 0.6 is 11.3 Å². The molecule has 0 aliphatic carbocycles. The van der Waals surface area contributed by atoms with E-state index < -0.39 is 6.04 Å². The number of aryl methyl sites for hydroxylation is 1. The summed E-state index contributed by atoms with van der Waals surface area (Å²) < 4.78 is 0. The number of thiophene rings is 1. The molecule has 0 fully saturated rings. The van der Waals surface area contributed by atoms with Gasteiger partial charge < -0.3 is 10.6 Å². The van der Waals surface area contributed by atoms with Gasteiger partial charge in [-0.15, -0.1) is 11.3 Å². The van der Waals surface area contributed by atoms with Crippen molar-refractivity contribution in [2.24, 2.45) is 5.73 Å². The van der Waals surface area contributed by atoms with Crippen molar-refractivity contribution in [1.29, 1.82) is 0 Å². The Kier molecular flexibility index (Phi) is 4.93. The summed E-state index contributed by atoms with van der Waals surface area (Å²) in [7, 11) is 1.81. The molecular formula is C16H20N2OS. The minimum atomic E-state index is -0.484. The molecule has 3 nitrogen and oxygen atoms in total. The molecule has 2 aromatic rings. The van der Waals surface area contributed by atoms with E-state index in [0.29, 0.717) is 13.0 Å². The van der Waals surface area contributed by atoms with Crippen molar-refractivity contribution in [3.05, 3.63) is 57.8 Å². The van der Waals surface area contributed by atoms with Gasteiger partial charge in [0, 0.05) is 11.9 Å². The largest absolute Gasteiger partial charge is 0.339 e. The molecule has 4 heteroatoms. The summed E-state index contributed by atoms with van der Waals surface area (Å²) in [5, 5.41) is 2.05. The first-order valence-corrected chi connectivity index (χ1v) is 7.53. The molecule has 1 heterocycles. The summed E-state index contributed by atoms with van der Waals surface area (Å²) in [5.74, 6) is -0.0124. The van der Waals surface area contributed by atoms with Gasteiger partial charge in [-0.1, -0.05) is 30.3 Å². The summed E-state index contributed by atoms with van der Waals surface area (Å²) in [6, 6.07) is 11.5. The van der Waals surface area contributed by atoms with Crippen LogP contribution in [-0.4, -0.2) is 23.9 Å². The Morgan fingerprint density at radius 1 is 1.30 bits per heavy atom. The quantitative estimate of drug-likeness (QED) is 0.919. The van der Waals surface area contributed by atoms with E-state index in [1.165, 1.54) is 10.4 Å². The van der Waals surface area contributed by atoms with Crippen molar-refractivity contribution in [2.75, 3.05) is 7.05 Å². The highest BCUT2D eigenvalue weighted by molar-refractivity contribution is 7.10. The second-order valence-electron chi connectivity index (χ2n) is 5.02. The average molecular weight is 288 g/mol. The Labute approximate surface area is 124 Å². The summed E-state index contributed by atoms with van der Waals surface area (Å²) >= 11 is 1.68. The Hall–Kier alpha value is -1.65. The van der Waals surface area contributed by atoms with Crippen LogP contribution in [0, 0.1) is 6.92 Å². The average Bonchev–Trinajstić information content (AvgIpc) is 2.84. The van der Waals surface area contributed by atoms with Gasteiger partial charge in [0.05, 0.1) is 12.6 Å². The van der Waals surface area contributed by atoms with Gasteiger partial charge in [-0.25, -0.2) is 0 Å². The molecule has 1 amide bonds. The molecule has 0 saturated heterocycles. The van der Waals surface area contributed by atoms with E-state index in [1.807, 2.05) is 42.8 Å². The number of carbonyl (C=O) groups is 1. The van der Waals surface area contributed by atoms with Crippen LogP contribution in [0.4, 0.5) is 0 Å². The molecule has 1 atom stereocenters. The Bertz CT molecular complexity index is 565. The first kappa shape index (κ1) is 14.8. The van der Waals surface area contributed by atoms with Crippen LogP contribution in [0.1, 0.15) is 16.0 Å². The maximum Gasteiger partial charge on any atom is 0.239 e. The van der Waals surface area contributed by atoms with E-state index in [1.54, 1.807) is 16.2 Å². The highest BCUT2D eigenvalue weighted by Gasteiger charge is 2.19. The highest BCUT2D eigenvalue weighted by atomic mass is 32.1. The van der Waals surface area contributed by atoms with Gasteiger partial charge in [-0.2, -0.15) is 0 Å². The van der Waals surface area contributed by atoms with Crippen molar-refractivity contribution in [1.82, 2.24) is 4.90 Å². The van der Waals surface area contributed by atoms with E-state index >= 15 is 0 Å². The number of carbonyl (C=O) groups excluding carboxylic acids is 1. The zero-order valence-electron chi connectivity index (χ0n) is 11.9. The van der Waals surface area contributed by atoms with E-state index in [9.17, 15) is 4.79 Å². The molecule has 1 unspecified atom stereocenters. The summed E-state index contributed by atoms with van der Waals surface area (Å²) in [6.07, 6.45) is 0.577. The maximum atomic E-state index is 12.3. The van der Waals surface area contributed by atoms with Crippen molar-refractivity contribution in [3.63, 3.8) is 0 Å². The Balaban J connectivity index is 1.94. The van der Waals surface area contributed by atoms with Gasteiger partial charge in [0.1, 0.15) is 0 Å². The fourth-order valence-electron chi connectivity index (χ4n) is 2.10. The molecule has 1 aromatic carbocycles. The standard InChI is InChI=1S/C16H20N2OS/c1-12-8-9-20-15(12)11-18(2)16(19)14(17)10-13-6-4-3-5-7-13/h3-9,14H,10-11,17H2,1-2H3. The van der Waals surface area contributed by atoms with Crippen LogP contribution in [0.15, 0.2) is 41.8 Å². The lowest BCUT2D eigenvalue weighted by molar-refractivity contribution is -0.131. The normalized spacial score (nSPS) is 12.2. The zero-order chi connectivity index (χ0) is 14.5. The third-order valence-electron chi connectivity index (χ3n) is 3.34. The van der Waals surface area contributed by atoms with Crippen LogP contribution < -0.4 is 5.73 Å². The predicted molar refractivity (Wildman–Crippen MR) is 83.7 cm³/mol. The van der Waals surface area contributed by atoms with Crippen molar-refractivity contribution < 1.29 is 4.79 Å². The number of hydrogen-bond acceptors (Lipinski definition) is 3. The minimum absolute atomic E-state index is 0.0124. The second-order valence-corrected chi connectivity index (χ2v) is 6.02. The van der Waals surface area contributed by atoms with Crippen LogP contribution in [0.3, 0.4) is 0 Å². The molecule has 20 heavy (non-hydrogen) atoms. The molecule has 0 spiro atoms. The number of amides is 1. The molecule has 0 radical (unpaired) electrons. The topological polar surface area (TPSA) is 46.3 Å². The number of hydrogen-bond donors (Lipinski definition) is 1. The van der Waals surface area contributed by atoms with E-state index in [4.69, 9.17) is 5.73 Å². The van der Waals surface area contributed by atoms with Crippen LogP contribution in [0.2, 0.25) is 0 Å². The first-order valence-electron chi connectivity index (χ1n) is 6.65. The SMILES string of the molecule is Cc1ccsc1CN(C)C(=O)C(N)Cc1ccccc1. The van der Waals surface area contributed by atoms with Gasteiger partial charge >= 0.3 is 0 Å². The number of likely N-dealkylation sites (N-methyl/N-ethyl adjacent to an activating group) is 1. The third-order valence-corrected chi connectivity index (χ3v) is 4.35. The van der Waals surface area contributed by atoms with Gasteiger partial charge in [-0.3, -0.25) is 4.79 Å². The zero-order valence-corrected chi connectivity index (χ0v) is 12.7. The van der Waals surface area contributed by atoms with Crippen LogP contribution in [-0.2, 0) is 17.8 Å². The second kappa shape index (κ2) is 6.68. The number of rotatable bonds is 5. The van der Waals surface area contributed by atoms with E-state index in [2.05, 4.69) is 13.0 Å². The van der Waals surface area contributed by atoms with Gasteiger partial charge in [-0.05, 0) is 35.9 Å². The molecular weight excluding hydrogens is 268 g/mol. The van der Waals surface area contributed by atoms with Crippen molar-refractivity contribution in [3.8, 4) is 0 Å². The molecule has 1 aromatic heterocycles. The number of nitrogens with two attached hydrogens (primary N) is 1. The summed E-state index contributed by atoms with van der Waals surface area (Å²) in [6.45, 7) is 2.69. The van der Waals surface area contributed by atoms with Gasteiger partial charge in [0.15, 0.2) is 0 Å². The fourth-order valence-corrected chi connectivity index (χ4v) is 3.06. The lowest BCUT2D eigenvalue weighted by Crippen LogP contribution is -2.42. The lowest BCUT2D eigenvalue weighted by Gasteiger charge is -2.21. The van der Waals surface area contributed by atoms with Crippen LogP contribution in [0.25, 0.3) is 0 Å². The smallest absolute Gasteiger partial charge is 0.239 e. The molecule has 0 aliphatic heterocycles. The molecule has 106 valence electrons. The van der Waals surface area contributed by atoms with Crippen LogP contribution in [0.5, 0.6) is 0 Å². The summed E-state index contributed by atoms with van der Waals surface area (Å²) in [5.41, 5.74) is 8.35. The number of benzene rings is 1. The van der Waals surface area contributed by atoms with Gasteiger partial charge in [0.2, 0.25) is 5.91 Å². The molecule has 0 aliphatic rings. The number of nitrogens with zero attached hydrogens (tertiary/aromatic N) is 1. The third kappa shape index (κ3) is 3.68. The molecule has 2 N–H and O–H groups in total. The fraction of sp³-hybridized carbons (Fsp3) is 0.312. The predicted octanol–water partition coefficient (Wildman–Crippen LogP) is 2.58. The van der Waals surface area contributed by atoms with Gasteiger partial charge in [0.25, 0.3) is 0 Å². The van der Waals surface area contributed by atoms with E-state index in [-0.39, 0.29) is 5.91 Å². The molecule has 2 rings (SSSR count). The molecule has 0 bridgehead atoms. The Morgan fingerprint density at radius 3 is 2.60 bits per heavy atom. The lowest BCUT2D eigenvalue weighted by atomic mass is 10.1.